The van der Waals surface area contributed by atoms with Crippen LogP contribution in [0.2, 0.25) is 0 Å². The number of allylic oxidation sites excluding steroid dienone is 1. The van der Waals surface area contributed by atoms with Gasteiger partial charge in [-0.2, -0.15) is 0 Å². The summed E-state index contributed by atoms with van der Waals surface area (Å²) in [5.41, 5.74) is 4.83. The fraction of sp³-hybridized carbons (Fsp3) is 0.312. The number of ether oxygens (including phenoxy) is 1. The highest BCUT2D eigenvalue weighted by Crippen LogP contribution is 2.35. The van der Waals surface area contributed by atoms with Crippen molar-refractivity contribution in [1.29, 1.82) is 0 Å². The molecule has 1 aromatic carbocycles. The molecule has 0 saturated carbocycles. The van der Waals surface area contributed by atoms with Crippen molar-refractivity contribution in [1.82, 2.24) is 4.98 Å². The van der Waals surface area contributed by atoms with E-state index in [0.717, 1.165) is 28.0 Å². The molecule has 0 radical (unpaired) electrons. The first-order valence-electron chi connectivity index (χ1n) is 6.55. The van der Waals surface area contributed by atoms with Crippen LogP contribution in [0.3, 0.4) is 0 Å². The summed E-state index contributed by atoms with van der Waals surface area (Å²) in [6.07, 6.45) is 1.70. The van der Waals surface area contributed by atoms with E-state index in [4.69, 9.17) is 4.74 Å². The maximum absolute atomic E-state index is 11.2. The third kappa shape index (κ3) is 2.41. The van der Waals surface area contributed by atoms with Crippen LogP contribution in [0, 0.1) is 13.8 Å². The maximum Gasteiger partial charge on any atom is 0.166 e. The third-order valence-electron chi connectivity index (χ3n) is 3.64. The van der Waals surface area contributed by atoms with Gasteiger partial charge >= 0.3 is 0 Å². The standard InChI is InChI=1S/C16H20N2O2/c1-9(12(4)19)8-17-14-7-6-13-10(2)11(3)18-15(13)16(14)20-5/h6-8,17-18H,1-5H3/b9-8-. The molecule has 0 unspecified atom stereocenters. The molecule has 0 fully saturated rings. The molecule has 2 rings (SSSR count). The van der Waals surface area contributed by atoms with Gasteiger partial charge in [-0.05, 0) is 39.3 Å². The van der Waals surface area contributed by atoms with Gasteiger partial charge in [-0.25, -0.2) is 0 Å². The summed E-state index contributed by atoms with van der Waals surface area (Å²) in [5.74, 6) is 0.801. The highest BCUT2D eigenvalue weighted by atomic mass is 16.5. The summed E-state index contributed by atoms with van der Waals surface area (Å²) in [4.78, 5) is 14.6. The van der Waals surface area contributed by atoms with Gasteiger partial charge in [0, 0.05) is 22.9 Å². The third-order valence-corrected chi connectivity index (χ3v) is 3.64. The Labute approximate surface area is 118 Å². The van der Waals surface area contributed by atoms with Gasteiger partial charge in [0.25, 0.3) is 0 Å². The van der Waals surface area contributed by atoms with Gasteiger partial charge in [-0.3, -0.25) is 4.79 Å². The summed E-state index contributed by atoms with van der Waals surface area (Å²) in [5, 5.41) is 4.29. The van der Waals surface area contributed by atoms with Crippen molar-refractivity contribution in [3.8, 4) is 5.75 Å². The van der Waals surface area contributed by atoms with E-state index >= 15 is 0 Å². The van der Waals surface area contributed by atoms with Crippen LogP contribution in [0.25, 0.3) is 10.9 Å². The maximum atomic E-state index is 11.2. The number of aromatic amines is 1. The minimum Gasteiger partial charge on any atom is -0.492 e. The number of H-pyrrole nitrogens is 1. The Morgan fingerprint density at radius 2 is 2.00 bits per heavy atom. The molecule has 4 nitrogen and oxygen atoms in total. The first-order valence-corrected chi connectivity index (χ1v) is 6.55. The summed E-state index contributed by atoms with van der Waals surface area (Å²) < 4.78 is 5.51. The molecule has 0 aliphatic carbocycles. The Bertz CT molecular complexity index is 696. The number of methoxy groups -OCH3 is 1. The summed E-state index contributed by atoms with van der Waals surface area (Å²) in [6, 6.07) is 4.02. The Morgan fingerprint density at radius 1 is 1.30 bits per heavy atom. The number of ketones is 1. The minimum atomic E-state index is 0.0455. The molecule has 0 atom stereocenters. The van der Waals surface area contributed by atoms with Crippen molar-refractivity contribution in [3.63, 3.8) is 0 Å². The molecule has 0 aliphatic heterocycles. The number of aryl methyl sites for hydroxylation is 2. The van der Waals surface area contributed by atoms with Crippen LogP contribution in [0.15, 0.2) is 23.9 Å². The molecule has 0 spiro atoms. The lowest BCUT2D eigenvalue weighted by Gasteiger charge is -2.10. The van der Waals surface area contributed by atoms with Crippen molar-refractivity contribution < 1.29 is 9.53 Å². The van der Waals surface area contributed by atoms with Gasteiger partial charge in [-0.15, -0.1) is 0 Å². The van der Waals surface area contributed by atoms with E-state index in [0.29, 0.717) is 5.57 Å². The van der Waals surface area contributed by atoms with Gasteiger partial charge in [0.1, 0.15) is 0 Å². The zero-order chi connectivity index (χ0) is 14.9. The number of aromatic nitrogens is 1. The zero-order valence-electron chi connectivity index (χ0n) is 12.5. The number of hydrogen-bond donors (Lipinski definition) is 2. The Morgan fingerprint density at radius 3 is 2.60 bits per heavy atom. The largest absolute Gasteiger partial charge is 0.492 e. The number of carbonyl (C=O) groups is 1. The molecule has 1 heterocycles. The first-order chi connectivity index (χ1) is 9.45. The Hall–Kier alpha value is -2.23. The van der Waals surface area contributed by atoms with Crippen molar-refractivity contribution in [2.75, 3.05) is 12.4 Å². The average molecular weight is 272 g/mol. The average Bonchev–Trinajstić information content (AvgIpc) is 2.71. The first kappa shape index (κ1) is 14.2. The molecule has 2 aromatic rings. The van der Waals surface area contributed by atoms with E-state index in [2.05, 4.69) is 23.3 Å². The second-order valence-corrected chi connectivity index (χ2v) is 4.97. The lowest BCUT2D eigenvalue weighted by Crippen LogP contribution is -1.98. The molecule has 20 heavy (non-hydrogen) atoms. The number of Topliss-reactive ketones (excluding diaryl/α,β-unsaturated/α-hetero) is 1. The molecule has 0 aliphatic rings. The number of rotatable bonds is 4. The summed E-state index contributed by atoms with van der Waals surface area (Å²) in [6.45, 7) is 7.46. The lowest BCUT2D eigenvalue weighted by molar-refractivity contribution is -0.113. The molecule has 2 N–H and O–H groups in total. The van der Waals surface area contributed by atoms with Crippen molar-refractivity contribution in [2.45, 2.75) is 27.7 Å². The van der Waals surface area contributed by atoms with Gasteiger partial charge in [0.05, 0.1) is 18.3 Å². The predicted molar refractivity (Wildman–Crippen MR) is 82.4 cm³/mol. The minimum absolute atomic E-state index is 0.0455. The Kier molecular flexibility index (Phi) is 3.84. The molecule has 106 valence electrons. The second kappa shape index (κ2) is 5.41. The number of nitrogens with one attached hydrogen (secondary N) is 2. The number of anilines is 1. The molecule has 0 amide bonds. The van der Waals surface area contributed by atoms with E-state index < -0.39 is 0 Å². The molecule has 4 heteroatoms. The number of benzene rings is 1. The number of fused-ring (bicyclic) bond motifs is 1. The van der Waals surface area contributed by atoms with Crippen LogP contribution >= 0.6 is 0 Å². The van der Waals surface area contributed by atoms with Crippen LogP contribution in [0.1, 0.15) is 25.1 Å². The van der Waals surface area contributed by atoms with Crippen LogP contribution in [-0.4, -0.2) is 17.9 Å². The smallest absolute Gasteiger partial charge is 0.166 e. The fourth-order valence-corrected chi connectivity index (χ4v) is 2.12. The number of carbonyl (C=O) groups excluding carboxylic acids is 1. The van der Waals surface area contributed by atoms with E-state index in [-0.39, 0.29) is 5.78 Å². The highest BCUT2D eigenvalue weighted by molar-refractivity contribution is 5.95. The topological polar surface area (TPSA) is 54.1 Å². The van der Waals surface area contributed by atoms with Crippen molar-refractivity contribution in [2.24, 2.45) is 0 Å². The van der Waals surface area contributed by atoms with Crippen LogP contribution in [0.5, 0.6) is 5.75 Å². The molecular weight excluding hydrogens is 252 g/mol. The Balaban J connectivity index is 2.50. The van der Waals surface area contributed by atoms with Gasteiger partial charge in [-0.1, -0.05) is 6.07 Å². The number of hydrogen-bond acceptors (Lipinski definition) is 3. The molecule has 1 aromatic heterocycles. The van der Waals surface area contributed by atoms with Crippen LogP contribution in [-0.2, 0) is 4.79 Å². The molecule has 0 saturated heterocycles. The molecular formula is C16H20N2O2. The van der Waals surface area contributed by atoms with Gasteiger partial charge in [0.2, 0.25) is 0 Å². The SMILES string of the molecule is COc1c(N/C=C(/C)C(C)=O)ccc2c(C)c(C)[nH]c12. The van der Waals surface area contributed by atoms with Crippen molar-refractivity contribution in [3.05, 3.63) is 35.2 Å². The normalized spacial score (nSPS) is 11.8. The summed E-state index contributed by atoms with van der Waals surface area (Å²) >= 11 is 0. The van der Waals surface area contributed by atoms with E-state index in [1.807, 2.05) is 13.0 Å². The van der Waals surface area contributed by atoms with E-state index in [1.165, 1.54) is 5.56 Å². The predicted octanol–water partition coefficient (Wildman–Crippen LogP) is 3.70. The van der Waals surface area contributed by atoms with Gasteiger partial charge in [0.15, 0.2) is 11.5 Å². The molecule has 0 bridgehead atoms. The monoisotopic (exact) mass is 272 g/mol. The highest BCUT2D eigenvalue weighted by Gasteiger charge is 2.12. The quantitative estimate of drug-likeness (QED) is 0.834. The zero-order valence-corrected chi connectivity index (χ0v) is 12.5. The van der Waals surface area contributed by atoms with Crippen LogP contribution < -0.4 is 10.1 Å². The fourth-order valence-electron chi connectivity index (χ4n) is 2.12. The summed E-state index contributed by atoms with van der Waals surface area (Å²) in [7, 11) is 1.65. The van der Waals surface area contributed by atoms with Crippen LogP contribution in [0.4, 0.5) is 5.69 Å². The second-order valence-electron chi connectivity index (χ2n) is 4.97. The van der Waals surface area contributed by atoms with E-state index in [9.17, 15) is 4.79 Å². The lowest BCUT2D eigenvalue weighted by atomic mass is 10.1. The van der Waals surface area contributed by atoms with Crippen molar-refractivity contribution >= 4 is 22.4 Å². The van der Waals surface area contributed by atoms with E-state index in [1.54, 1.807) is 27.2 Å². The van der Waals surface area contributed by atoms with Gasteiger partial charge < -0.3 is 15.0 Å².